The van der Waals surface area contributed by atoms with Crippen LogP contribution in [0, 0.1) is 0 Å². The van der Waals surface area contributed by atoms with Crippen molar-refractivity contribution in [2.75, 3.05) is 5.32 Å². The van der Waals surface area contributed by atoms with Gasteiger partial charge in [-0.15, -0.1) is 12.6 Å². The van der Waals surface area contributed by atoms with Crippen molar-refractivity contribution in [3.8, 4) is 0 Å². The molecule has 0 aliphatic carbocycles. The Morgan fingerprint density at radius 1 is 0.500 bits per heavy atom. The molecule has 1 N–H and O–H groups in total. The van der Waals surface area contributed by atoms with E-state index in [-0.39, 0.29) is 0 Å². The molecule has 0 radical (unpaired) electrons. The minimum atomic E-state index is 1.02. The van der Waals surface area contributed by atoms with Crippen molar-refractivity contribution in [2.45, 2.75) is 4.90 Å². The van der Waals surface area contributed by atoms with E-state index in [1.165, 1.54) is 0 Å². The van der Waals surface area contributed by atoms with Crippen LogP contribution in [0.15, 0.2) is 95.9 Å². The fourth-order valence-electron chi connectivity index (χ4n) is 1.64. The molecular formula is C18H17NS. The molecule has 0 spiro atoms. The number of hydrogen-bond acceptors (Lipinski definition) is 2. The zero-order chi connectivity index (χ0) is 14.0. The zero-order valence-corrected chi connectivity index (χ0v) is 12.0. The van der Waals surface area contributed by atoms with Gasteiger partial charge in [0.25, 0.3) is 0 Å². The Balaban J connectivity index is 0.000000178. The van der Waals surface area contributed by atoms with E-state index in [1.54, 1.807) is 0 Å². The van der Waals surface area contributed by atoms with Gasteiger partial charge in [-0.3, -0.25) is 0 Å². The molecule has 3 rings (SSSR count). The summed E-state index contributed by atoms with van der Waals surface area (Å²) in [4.78, 5) is 1.02. The SMILES string of the molecule is Sc1ccccc1.c1ccc(Nc2ccccc2)cc1. The number of benzene rings is 3. The lowest BCUT2D eigenvalue weighted by Crippen LogP contribution is -1.87. The first kappa shape index (κ1) is 14.2. The number of para-hydroxylation sites is 2. The first-order valence-corrected chi connectivity index (χ1v) is 6.90. The molecule has 20 heavy (non-hydrogen) atoms. The predicted molar refractivity (Wildman–Crippen MR) is 89.9 cm³/mol. The van der Waals surface area contributed by atoms with Crippen molar-refractivity contribution in [2.24, 2.45) is 0 Å². The minimum Gasteiger partial charge on any atom is -0.356 e. The van der Waals surface area contributed by atoms with Crippen LogP contribution in [0.3, 0.4) is 0 Å². The van der Waals surface area contributed by atoms with E-state index in [2.05, 4.69) is 17.9 Å². The molecule has 3 aromatic rings. The van der Waals surface area contributed by atoms with Crippen LogP contribution in [-0.4, -0.2) is 0 Å². The first-order valence-electron chi connectivity index (χ1n) is 6.46. The largest absolute Gasteiger partial charge is 0.356 e. The molecule has 0 saturated heterocycles. The molecule has 0 amide bonds. The van der Waals surface area contributed by atoms with E-state index in [0.717, 1.165) is 16.3 Å². The van der Waals surface area contributed by atoms with Crippen molar-refractivity contribution in [1.82, 2.24) is 0 Å². The third-order valence-electron chi connectivity index (χ3n) is 2.59. The molecule has 3 aromatic carbocycles. The molecule has 0 unspecified atom stereocenters. The van der Waals surface area contributed by atoms with E-state index < -0.39 is 0 Å². The summed E-state index contributed by atoms with van der Waals surface area (Å²) in [6.07, 6.45) is 0. The summed E-state index contributed by atoms with van der Waals surface area (Å²) in [7, 11) is 0. The highest BCUT2D eigenvalue weighted by molar-refractivity contribution is 7.80. The van der Waals surface area contributed by atoms with Crippen LogP contribution in [0.1, 0.15) is 0 Å². The van der Waals surface area contributed by atoms with Crippen molar-refractivity contribution < 1.29 is 0 Å². The van der Waals surface area contributed by atoms with Gasteiger partial charge in [0.2, 0.25) is 0 Å². The van der Waals surface area contributed by atoms with Gasteiger partial charge in [-0.1, -0.05) is 54.6 Å². The lowest BCUT2D eigenvalue weighted by molar-refractivity contribution is 1.48. The summed E-state index contributed by atoms with van der Waals surface area (Å²) in [6.45, 7) is 0. The van der Waals surface area contributed by atoms with Gasteiger partial charge >= 0.3 is 0 Å². The molecule has 0 aliphatic heterocycles. The number of thiol groups is 1. The zero-order valence-electron chi connectivity index (χ0n) is 11.1. The highest BCUT2D eigenvalue weighted by atomic mass is 32.1. The average molecular weight is 279 g/mol. The standard InChI is InChI=1S/C12H11N.C6H6S/c1-3-7-11(8-4-1)13-12-9-5-2-6-10-12;7-6-4-2-1-3-5-6/h1-10,13H;1-5,7H. The van der Waals surface area contributed by atoms with E-state index in [1.807, 2.05) is 91.0 Å². The molecule has 0 aromatic heterocycles. The second kappa shape index (κ2) is 8.08. The van der Waals surface area contributed by atoms with Crippen molar-refractivity contribution in [1.29, 1.82) is 0 Å². The maximum atomic E-state index is 4.08. The van der Waals surface area contributed by atoms with Gasteiger partial charge in [0, 0.05) is 16.3 Å². The Bertz CT molecular complexity index is 557. The van der Waals surface area contributed by atoms with Gasteiger partial charge in [0.05, 0.1) is 0 Å². The van der Waals surface area contributed by atoms with Crippen LogP contribution in [0.4, 0.5) is 11.4 Å². The summed E-state index contributed by atoms with van der Waals surface area (Å²) in [5.74, 6) is 0. The van der Waals surface area contributed by atoms with Gasteiger partial charge in [0.1, 0.15) is 0 Å². The van der Waals surface area contributed by atoms with E-state index in [4.69, 9.17) is 0 Å². The summed E-state index contributed by atoms with van der Waals surface area (Å²) in [5, 5.41) is 3.30. The molecule has 0 aliphatic rings. The lowest BCUT2D eigenvalue weighted by atomic mass is 10.3. The Labute approximate surface area is 125 Å². The monoisotopic (exact) mass is 279 g/mol. The quantitative estimate of drug-likeness (QED) is 0.598. The van der Waals surface area contributed by atoms with Gasteiger partial charge in [-0.2, -0.15) is 0 Å². The number of nitrogens with one attached hydrogen (secondary N) is 1. The summed E-state index contributed by atoms with van der Waals surface area (Å²) < 4.78 is 0. The van der Waals surface area contributed by atoms with Crippen LogP contribution in [-0.2, 0) is 0 Å². The second-order valence-corrected chi connectivity index (χ2v) is 4.71. The second-order valence-electron chi connectivity index (χ2n) is 4.19. The normalized spacial score (nSPS) is 9.25. The van der Waals surface area contributed by atoms with Gasteiger partial charge in [-0.05, 0) is 36.4 Å². The Hall–Kier alpha value is -2.19. The van der Waals surface area contributed by atoms with Crippen molar-refractivity contribution >= 4 is 24.0 Å². The van der Waals surface area contributed by atoms with Gasteiger partial charge < -0.3 is 5.32 Å². The van der Waals surface area contributed by atoms with E-state index >= 15 is 0 Å². The number of hydrogen-bond donors (Lipinski definition) is 2. The Kier molecular flexibility index (Phi) is 5.74. The number of rotatable bonds is 2. The van der Waals surface area contributed by atoms with Gasteiger partial charge in [-0.25, -0.2) is 0 Å². The maximum absolute atomic E-state index is 4.08. The first-order chi connectivity index (χ1) is 9.84. The fraction of sp³-hybridized carbons (Fsp3) is 0. The lowest BCUT2D eigenvalue weighted by Gasteiger charge is -2.04. The van der Waals surface area contributed by atoms with Gasteiger partial charge in [0.15, 0.2) is 0 Å². The Morgan fingerprint density at radius 2 is 0.850 bits per heavy atom. The molecule has 1 nitrogen and oxygen atoms in total. The van der Waals surface area contributed by atoms with Crippen LogP contribution in [0.2, 0.25) is 0 Å². The van der Waals surface area contributed by atoms with E-state index in [0.29, 0.717) is 0 Å². The molecular weight excluding hydrogens is 262 g/mol. The van der Waals surface area contributed by atoms with Crippen LogP contribution < -0.4 is 5.32 Å². The molecule has 0 fully saturated rings. The van der Waals surface area contributed by atoms with Crippen molar-refractivity contribution in [3.05, 3.63) is 91.0 Å². The predicted octanol–water partition coefficient (Wildman–Crippen LogP) is 5.41. The van der Waals surface area contributed by atoms with Crippen LogP contribution >= 0.6 is 12.6 Å². The summed E-state index contributed by atoms with van der Waals surface area (Å²) >= 11 is 4.08. The maximum Gasteiger partial charge on any atom is 0.0384 e. The topological polar surface area (TPSA) is 12.0 Å². The Morgan fingerprint density at radius 3 is 1.15 bits per heavy atom. The molecule has 100 valence electrons. The fourth-order valence-corrected chi connectivity index (χ4v) is 1.81. The minimum absolute atomic E-state index is 1.02. The highest BCUT2D eigenvalue weighted by Crippen LogP contribution is 2.14. The molecule has 0 saturated carbocycles. The summed E-state index contributed by atoms with van der Waals surface area (Å²) in [5.41, 5.74) is 2.24. The van der Waals surface area contributed by atoms with Crippen LogP contribution in [0.25, 0.3) is 0 Å². The number of anilines is 2. The van der Waals surface area contributed by atoms with Crippen molar-refractivity contribution in [3.63, 3.8) is 0 Å². The molecule has 0 atom stereocenters. The molecule has 0 heterocycles. The molecule has 0 bridgehead atoms. The molecule has 2 heteroatoms. The smallest absolute Gasteiger partial charge is 0.0384 e. The van der Waals surface area contributed by atoms with E-state index in [9.17, 15) is 0 Å². The average Bonchev–Trinajstić information content (AvgIpc) is 2.51. The van der Waals surface area contributed by atoms with Crippen LogP contribution in [0.5, 0.6) is 0 Å². The third-order valence-corrected chi connectivity index (χ3v) is 2.89. The summed E-state index contributed by atoms with van der Waals surface area (Å²) in [6, 6.07) is 30.1. The third kappa shape index (κ3) is 5.21. The highest BCUT2D eigenvalue weighted by Gasteiger charge is 1.89.